The first-order valence-electron chi connectivity index (χ1n) is 6.60. The highest BCUT2D eigenvalue weighted by Gasteiger charge is 2.11. The summed E-state index contributed by atoms with van der Waals surface area (Å²) in [6, 6.07) is 7.41. The molecular formula is C15H20N2O3. The summed E-state index contributed by atoms with van der Waals surface area (Å²) < 4.78 is 0. The van der Waals surface area contributed by atoms with Crippen LogP contribution in [0.3, 0.4) is 0 Å². The number of rotatable bonds is 7. The first-order chi connectivity index (χ1) is 9.58. The molecule has 20 heavy (non-hydrogen) atoms. The molecule has 2 N–H and O–H groups in total. The summed E-state index contributed by atoms with van der Waals surface area (Å²) in [6.45, 7) is 5.34. The first kappa shape index (κ1) is 15.8. The number of nitrogens with zero attached hydrogens (tertiary/aromatic N) is 1. The van der Waals surface area contributed by atoms with Crippen molar-refractivity contribution in [3.63, 3.8) is 0 Å². The number of anilines is 1. The highest BCUT2D eigenvalue weighted by atomic mass is 16.4. The van der Waals surface area contributed by atoms with Crippen molar-refractivity contribution in [2.24, 2.45) is 0 Å². The van der Waals surface area contributed by atoms with Crippen LogP contribution in [-0.2, 0) is 9.59 Å². The molecule has 5 heteroatoms. The second-order valence-corrected chi connectivity index (χ2v) is 4.20. The normalized spacial score (nSPS) is 10.5. The molecule has 0 aliphatic heterocycles. The maximum absolute atomic E-state index is 11.7. The van der Waals surface area contributed by atoms with Crippen molar-refractivity contribution < 1.29 is 14.7 Å². The van der Waals surface area contributed by atoms with E-state index in [0.29, 0.717) is 13.1 Å². The van der Waals surface area contributed by atoms with Crippen molar-refractivity contribution in [2.75, 3.05) is 24.5 Å². The third-order valence-corrected chi connectivity index (χ3v) is 2.77. The fourth-order valence-corrected chi connectivity index (χ4v) is 1.87. The van der Waals surface area contributed by atoms with Gasteiger partial charge in [0.25, 0.3) is 0 Å². The van der Waals surface area contributed by atoms with Gasteiger partial charge in [-0.05, 0) is 31.6 Å². The highest BCUT2D eigenvalue weighted by Crippen LogP contribution is 2.21. The molecule has 0 aliphatic rings. The molecule has 0 saturated carbocycles. The fraction of sp³-hybridized carbons (Fsp3) is 0.333. The molecule has 0 heterocycles. The molecule has 0 aliphatic carbocycles. The summed E-state index contributed by atoms with van der Waals surface area (Å²) >= 11 is 0. The zero-order valence-electron chi connectivity index (χ0n) is 11.8. The van der Waals surface area contributed by atoms with Crippen LogP contribution in [0.2, 0.25) is 0 Å². The largest absolute Gasteiger partial charge is 0.478 e. The van der Waals surface area contributed by atoms with Gasteiger partial charge in [0, 0.05) is 24.9 Å². The number of carbonyl (C=O) groups excluding carboxylic acids is 1. The summed E-state index contributed by atoms with van der Waals surface area (Å²) in [4.78, 5) is 24.2. The third-order valence-electron chi connectivity index (χ3n) is 2.77. The predicted molar refractivity (Wildman–Crippen MR) is 79.7 cm³/mol. The lowest BCUT2D eigenvalue weighted by Gasteiger charge is -2.24. The number of aliphatic carboxylic acids is 1. The lowest BCUT2D eigenvalue weighted by Crippen LogP contribution is -2.37. The minimum atomic E-state index is -0.994. The Morgan fingerprint density at radius 1 is 1.30 bits per heavy atom. The minimum Gasteiger partial charge on any atom is -0.478 e. The smallest absolute Gasteiger partial charge is 0.328 e. The molecule has 0 radical (unpaired) electrons. The predicted octanol–water partition coefficient (Wildman–Crippen LogP) is 1.75. The van der Waals surface area contributed by atoms with Gasteiger partial charge in [0.05, 0.1) is 6.54 Å². The number of likely N-dealkylation sites (N-methyl/N-ethyl adjacent to an activating group) is 2. The average Bonchev–Trinajstić information content (AvgIpc) is 2.43. The van der Waals surface area contributed by atoms with Crippen molar-refractivity contribution in [3.05, 3.63) is 35.9 Å². The van der Waals surface area contributed by atoms with Crippen LogP contribution >= 0.6 is 0 Å². The van der Waals surface area contributed by atoms with E-state index in [1.807, 2.05) is 43.0 Å². The number of para-hydroxylation sites is 1. The van der Waals surface area contributed by atoms with E-state index in [-0.39, 0.29) is 12.5 Å². The second kappa shape index (κ2) is 7.99. The monoisotopic (exact) mass is 276 g/mol. The van der Waals surface area contributed by atoms with E-state index < -0.39 is 5.97 Å². The molecule has 0 aromatic heterocycles. The molecule has 0 spiro atoms. The van der Waals surface area contributed by atoms with E-state index in [4.69, 9.17) is 5.11 Å². The number of carbonyl (C=O) groups is 2. The molecule has 108 valence electrons. The van der Waals surface area contributed by atoms with E-state index in [2.05, 4.69) is 5.32 Å². The van der Waals surface area contributed by atoms with Gasteiger partial charge in [-0.3, -0.25) is 4.79 Å². The van der Waals surface area contributed by atoms with Crippen LogP contribution in [0, 0.1) is 0 Å². The summed E-state index contributed by atoms with van der Waals surface area (Å²) in [5.41, 5.74) is 1.62. The van der Waals surface area contributed by atoms with Crippen molar-refractivity contribution >= 4 is 23.6 Å². The summed E-state index contributed by atoms with van der Waals surface area (Å²) in [6.07, 6.45) is 2.64. The van der Waals surface area contributed by atoms with Crippen molar-refractivity contribution in [3.8, 4) is 0 Å². The van der Waals surface area contributed by atoms with E-state index in [1.165, 1.54) is 6.08 Å². The molecule has 0 unspecified atom stereocenters. The van der Waals surface area contributed by atoms with Gasteiger partial charge >= 0.3 is 5.97 Å². The second-order valence-electron chi connectivity index (χ2n) is 4.20. The lowest BCUT2D eigenvalue weighted by molar-refractivity contribution is -0.131. The number of nitrogens with one attached hydrogen (secondary N) is 1. The van der Waals surface area contributed by atoms with Crippen LogP contribution in [0.4, 0.5) is 5.69 Å². The van der Waals surface area contributed by atoms with Crippen LogP contribution < -0.4 is 10.2 Å². The van der Waals surface area contributed by atoms with Gasteiger partial charge in [-0.15, -0.1) is 0 Å². The van der Waals surface area contributed by atoms with E-state index in [9.17, 15) is 9.59 Å². The summed E-state index contributed by atoms with van der Waals surface area (Å²) in [5.74, 6) is -1.04. The van der Waals surface area contributed by atoms with Gasteiger partial charge < -0.3 is 15.3 Å². The molecule has 0 saturated heterocycles. The Bertz CT molecular complexity index is 498. The topological polar surface area (TPSA) is 69.6 Å². The minimum absolute atomic E-state index is 0.0497. The van der Waals surface area contributed by atoms with Gasteiger partial charge in [0.1, 0.15) is 0 Å². The molecule has 1 amide bonds. The lowest BCUT2D eigenvalue weighted by atomic mass is 10.1. The van der Waals surface area contributed by atoms with E-state index in [0.717, 1.165) is 17.3 Å². The van der Waals surface area contributed by atoms with Crippen molar-refractivity contribution in [1.29, 1.82) is 0 Å². The Kier molecular flexibility index (Phi) is 6.29. The number of carboxylic acids is 1. The van der Waals surface area contributed by atoms with Gasteiger partial charge in [-0.1, -0.05) is 18.2 Å². The number of hydrogen-bond donors (Lipinski definition) is 2. The van der Waals surface area contributed by atoms with Crippen LogP contribution in [0.15, 0.2) is 30.3 Å². The molecule has 1 aromatic rings. The maximum Gasteiger partial charge on any atom is 0.328 e. The Balaban J connectivity index is 2.97. The molecular weight excluding hydrogens is 256 g/mol. The zero-order valence-corrected chi connectivity index (χ0v) is 11.8. The highest BCUT2D eigenvalue weighted by molar-refractivity contribution is 5.88. The Labute approximate surface area is 118 Å². The SMILES string of the molecule is CCNC(=O)CN(CC)c1ccccc1C=CC(=O)O. The zero-order chi connectivity index (χ0) is 15.0. The van der Waals surface area contributed by atoms with E-state index in [1.54, 1.807) is 0 Å². The quantitative estimate of drug-likeness (QED) is 0.744. The Hall–Kier alpha value is -2.30. The van der Waals surface area contributed by atoms with Crippen molar-refractivity contribution in [1.82, 2.24) is 5.32 Å². The van der Waals surface area contributed by atoms with Crippen LogP contribution in [0.1, 0.15) is 19.4 Å². The van der Waals surface area contributed by atoms with Crippen LogP contribution in [-0.4, -0.2) is 36.6 Å². The maximum atomic E-state index is 11.7. The first-order valence-corrected chi connectivity index (χ1v) is 6.60. The van der Waals surface area contributed by atoms with Crippen molar-refractivity contribution in [2.45, 2.75) is 13.8 Å². The summed E-state index contributed by atoms with van der Waals surface area (Å²) in [5, 5.41) is 11.5. The summed E-state index contributed by atoms with van der Waals surface area (Å²) in [7, 11) is 0. The van der Waals surface area contributed by atoms with Gasteiger partial charge in [0.15, 0.2) is 0 Å². The molecule has 0 bridgehead atoms. The van der Waals surface area contributed by atoms with Gasteiger partial charge in [0.2, 0.25) is 5.91 Å². The molecule has 0 fully saturated rings. The third kappa shape index (κ3) is 4.76. The number of carboxylic acid groups (broad SMARTS) is 1. The molecule has 5 nitrogen and oxygen atoms in total. The molecule has 1 aromatic carbocycles. The van der Waals surface area contributed by atoms with Gasteiger partial charge in [-0.2, -0.15) is 0 Å². The molecule has 1 rings (SSSR count). The Morgan fingerprint density at radius 2 is 2.00 bits per heavy atom. The number of amides is 1. The number of hydrogen-bond acceptors (Lipinski definition) is 3. The standard InChI is InChI=1S/C15H20N2O3/c1-3-16-14(18)11-17(4-2)13-8-6-5-7-12(13)9-10-15(19)20/h5-10H,3-4,11H2,1-2H3,(H,16,18)(H,19,20). The Morgan fingerprint density at radius 3 is 2.60 bits per heavy atom. The van der Waals surface area contributed by atoms with Gasteiger partial charge in [-0.25, -0.2) is 4.79 Å². The number of benzene rings is 1. The average molecular weight is 276 g/mol. The fourth-order valence-electron chi connectivity index (χ4n) is 1.87. The molecule has 0 atom stereocenters. The van der Waals surface area contributed by atoms with Crippen LogP contribution in [0.25, 0.3) is 6.08 Å². The van der Waals surface area contributed by atoms with E-state index >= 15 is 0 Å². The van der Waals surface area contributed by atoms with Crippen LogP contribution in [0.5, 0.6) is 0 Å².